The summed E-state index contributed by atoms with van der Waals surface area (Å²) in [7, 11) is 0. The maximum atomic E-state index is 13.3. The van der Waals surface area contributed by atoms with Gasteiger partial charge in [0, 0.05) is 12.3 Å². The van der Waals surface area contributed by atoms with Crippen molar-refractivity contribution in [2.75, 3.05) is 17.7 Å². The van der Waals surface area contributed by atoms with Crippen molar-refractivity contribution in [1.29, 1.82) is 0 Å². The lowest BCUT2D eigenvalue weighted by molar-refractivity contribution is -0.113. The van der Waals surface area contributed by atoms with Crippen LogP contribution < -0.4 is 10.9 Å². The molecule has 8 nitrogen and oxygen atoms in total. The molecule has 0 spiro atoms. The number of nitrogens with one attached hydrogen (secondary N) is 1. The Morgan fingerprint density at radius 1 is 1.35 bits per heavy atom. The summed E-state index contributed by atoms with van der Waals surface area (Å²) in [4.78, 5) is 25.4. The van der Waals surface area contributed by atoms with Crippen LogP contribution in [0, 0.1) is 5.82 Å². The van der Waals surface area contributed by atoms with E-state index in [1.807, 2.05) is 15.8 Å². The molecule has 1 amide bonds. The number of hydrogen-bond acceptors (Lipinski definition) is 7. The zero-order valence-electron chi connectivity index (χ0n) is 16.3. The lowest BCUT2D eigenvalue weighted by atomic mass is 10.2. The number of halogens is 1. The number of fused-ring (bicyclic) bond motifs is 3. The van der Waals surface area contributed by atoms with Crippen LogP contribution in [0.25, 0.3) is 16.0 Å². The van der Waals surface area contributed by atoms with Crippen molar-refractivity contribution in [3.8, 4) is 0 Å². The van der Waals surface area contributed by atoms with E-state index < -0.39 is 5.82 Å². The first-order chi connectivity index (χ1) is 15.1. The third-order valence-electron chi connectivity index (χ3n) is 5.03. The second-order valence-corrected chi connectivity index (χ2v) is 9.01. The Bertz CT molecular complexity index is 1330. The normalized spacial score (nSPS) is 16.4. The molecule has 5 rings (SSSR count). The van der Waals surface area contributed by atoms with E-state index in [-0.39, 0.29) is 23.3 Å². The molecule has 31 heavy (non-hydrogen) atoms. The van der Waals surface area contributed by atoms with Crippen molar-refractivity contribution in [3.63, 3.8) is 0 Å². The van der Waals surface area contributed by atoms with Crippen molar-refractivity contribution in [1.82, 2.24) is 19.2 Å². The zero-order chi connectivity index (χ0) is 21.4. The van der Waals surface area contributed by atoms with Gasteiger partial charge in [-0.25, -0.2) is 4.39 Å². The van der Waals surface area contributed by atoms with E-state index in [1.54, 1.807) is 10.6 Å². The standard InChI is InChI=1S/C20H18FN5O3S2/c21-12-3-1-4-13(9-12)22-16(27)11-31-20-24-23-19-25(10-14-5-2-7-29-14)18(28)17-15(26(19)20)6-8-30-17/h1,3-4,6,8-9,14H,2,5,7,10-11H2,(H,22,27)/t14-/m0/s1. The predicted molar refractivity (Wildman–Crippen MR) is 117 cm³/mol. The molecule has 0 radical (unpaired) electrons. The molecule has 1 N–H and O–H groups in total. The van der Waals surface area contributed by atoms with E-state index in [1.165, 1.54) is 41.3 Å². The monoisotopic (exact) mass is 459 g/mol. The fraction of sp³-hybridized carbons (Fsp3) is 0.300. The third-order valence-corrected chi connectivity index (χ3v) is 6.85. The van der Waals surface area contributed by atoms with Gasteiger partial charge >= 0.3 is 0 Å². The highest BCUT2D eigenvalue weighted by Crippen LogP contribution is 2.25. The first-order valence-corrected chi connectivity index (χ1v) is 11.6. The van der Waals surface area contributed by atoms with Crippen molar-refractivity contribution in [2.45, 2.75) is 30.6 Å². The Morgan fingerprint density at radius 3 is 3.06 bits per heavy atom. The van der Waals surface area contributed by atoms with Gasteiger partial charge in [-0.2, -0.15) is 0 Å². The van der Waals surface area contributed by atoms with E-state index in [0.29, 0.717) is 40.0 Å². The summed E-state index contributed by atoms with van der Waals surface area (Å²) in [6.45, 7) is 1.12. The number of thioether (sulfide) groups is 1. The Morgan fingerprint density at radius 2 is 2.26 bits per heavy atom. The number of hydrogen-bond donors (Lipinski definition) is 1. The van der Waals surface area contributed by atoms with Gasteiger partial charge in [0.05, 0.1) is 23.9 Å². The van der Waals surface area contributed by atoms with E-state index in [2.05, 4.69) is 15.5 Å². The van der Waals surface area contributed by atoms with Crippen molar-refractivity contribution in [2.24, 2.45) is 0 Å². The molecule has 3 aromatic heterocycles. The molecule has 1 aliphatic heterocycles. The molecule has 0 unspecified atom stereocenters. The van der Waals surface area contributed by atoms with Gasteiger partial charge in [0.2, 0.25) is 11.7 Å². The van der Waals surface area contributed by atoms with E-state index in [9.17, 15) is 14.0 Å². The highest BCUT2D eigenvalue weighted by atomic mass is 32.2. The van der Waals surface area contributed by atoms with Gasteiger partial charge < -0.3 is 10.1 Å². The molecule has 1 saturated heterocycles. The quantitative estimate of drug-likeness (QED) is 0.446. The minimum absolute atomic E-state index is 0.0243. The van der Waals surface area contributed by atoms with Gasteiger partial charge in [-0.05, 0) is 42.5 Å². The number of aromatic nitrogens is 4. The van der Waals surface area contributed by atoms with Crippen LogP contribution in [0.2, 0.25) is 0 Å². The molecule has 1 fully saturated rings. The molecular weight excluding hydrogens is 441 g/mol. The van der Waals surface area contributed by atoms with Crippen LogP contribution >= 0.6 is 23.1 Å². The highest BCUT2D eigenvalue weighted by molar-refractivity contribution is 7.99. The number of carbonyl (C=O) groups excluding carboxylic acids is 1. The zero-order valence-corrected chi connectivity index (χ0v) is 17.9. The summed E-state index contributed by atoms with van der Waals surface area (Å²) in [6, 6.07) is 7.58. The molecule has 1 aliphatic rings. The van der Waals surface area contributed by atoms with Gasteiger partial charge in [0.1, 0.15) is 10.5 Å². The molecule has 4 heterocycles. The number of thiophene rings is 1. The molecule has 1 atom stereocenters. The fourth-order valence-electron chi connectivity index (χ4n) is 3.64. The Hall–Kier alpha value is -2.76. The van der Waals surface area contributed by atoms with Gasteiger partial charge in [0.25, 0.3) is 5.56 Å². The number of nitrogens with zero attached hydrogens (tertiary/aromatic N) is 4. The van der Waals surface area contributed by atoms with Gasteiger partial charge in [-0.15, -0.1) is 21.5 Å². The average Bonchev–Trinajstić information content (AvgIpc) is 3.50. The fourth-order valence-corrected chi connectivity index (χ4v) is 5.21. The van der Waals surface area contributed by atoms with E-state index in [4.69, 9.17) is 4.74 Å². The minimum Gasteiger partial charge on any atom is -0.376 e. The van der Waals surface area contributed by atoms with Crippen LogP contribution in [0.15, 0.2) is 45.7 Å². The molecule has 0 bridgehead atoms. The number of anilines is 1. The summed E-state index contributed by atoms with van der Waals surface area (Å²) in [5, 5.41) is 13.5. The molecule has 1 aromatic carbocycles. The Kier molecular flexibility index (Phi) is 5.47. The first kappa shape index (κ1) is 20.2. The molecule has 4 aromatic rings. The topological polar surface area (TPSA) is 90.5 Å². The molecule has 0 aliphatic carbocycles. The number of benzene rings is 1. The molecular formula is C20H18FN5O3S2. The van der Waals surface area contributed by atoms with Gasteiger partial charge in [-0.1, -0.05) is 17.8 Å². The van der Waals surface area contributed by atoms with Crippen LogP contribution in [0.3, 0.4) is 0 Å². The second-order valence-electron chi connectivity index (χ2n) is 7.15. The number of rotatable bonds is 6. The summed E-state index contributed by atoms with van der Waals surface area (Å²) in [6.07, 6.45) is 1.85. The average molecular weight is 460 g/mol. The summed E-state index contributed by atoms with van der Waals surface area (Å²) >= 11 is 2.57. The van der Waals surface area contributed by atoms with E-state index >= 15 is 0 Å². The SMILES string of the molecule is O=C(CSc1nnc2n(C[C@@H]3CCCO3)c(=O)c3sccc3n12)Nc1cccc(F)c1. The van der Waals surface area contributed by atoms with Crippen LogP contribution in [0.1, 0.15) is 12.8 Å². The molecule has 0 saturated carbocycles. The minimum atomic E-state index is -0.419. The maximum Gasteiger partial charge on any atom is 0.272 e. The Balaban J connectivity index is 1.43. The van der Waals surface area contributed by atoms with Gasteiger partial charge in [-0.3, -0.25) is 18.6 Å². The highest BCUT2D eigenvalue weighted by Gasteiger charge is 2.22. The molecule has 11 heteroatoms. The summed E-state index contributed by atoms with van der Waals surface area (Å²) in [5.74, 6) is -0.215. The van der Waals surface area contributed by atoms with Crippen LogP contribution in [0.5, 0.6) is 0 Å². The predicted octanol–water partition coefficient (Wildman–Crippen LogP) is 3.15. The Labute approximate surface area is 184 Å². The first-order valence-electron chi connectivity index (χ1n) is 9.75. The summed E-state index contributed by atoms with van der Waals surface area (Å²) in [5.41, 5.74) is 0.995. The van der Waals surface area contributed by atoms with Gasteiger partial charge in [0.15, 0.2) is 5.16 Å². The van der Waals surface area contributed by atoms with Crippen molar-refractivity contribution >= 4 is 50.7 Å². The van der Waals surface area contributed by atoms with Crippen molar-refractivity contribution < 1.29 is 13.9 Å². The second kappa shape index (κ2) is 8.40. The van der Waals surface area contributed by atoms with Crippen molar-refractivity contribution in [3.05, 3.63) is 51.9 Å². The lowest BCUT2D eigenvalue weighted by Crippen LogP contribution is -2.28. The van der Waals surface area contributed by atoms with Crippen LogP contribution in [-0.2, 0) is 16.1 Å². The largest absolute Gasteiger partial charge is 0.376 e. The smallest absolute Gasteiger partial charge is 0.272 e. The number of carbonyl (C=O) groups is 1. The summed E-state index contributed by atoms with van der Waals surface area (Å²) < 4.78 is 23.1. The number of amides is 1. The number of ether oxygens (including phenoxy) is 1. The molecule has 160 valence electrons. The van der Waals surface area contributed by atoms with E-state index in [0.717, 1.165) is 12.8 Å². The lowest BCUT2D eigenvalue weighted by Gasteiger charge is -2.13. The third kappa shape index (κ3) is 3.95. The maximum absolute atomic E-state index is 13.3. The van der Waals surface area contributed by atoms with Crippen LogP contribution in [-0.4, -0.2) is 43.5 Å². The van der Waals surface area contributed by atoms with Crippen LogP contribution in [0.4, 0.5) is 10.1 Å².